The molecule has 0 atom stereocenters. The molecule has 0 nitrogen and oxygen atoms in total. The van der Waals surface area contributed by atoms with Gasteiger partial charge in [0.05, 0.1) is 0 Å². The van der Waals surface area contributed by atoms with Gasteiger partial charge in [-0.1, -0.05) is 19.1 Å². The Morgan fingerprint density at radius 3 is 2.50 bits per heavy atom. The van der Waals surface area contributed by atoms with E-state index in [2.05, 4.69) is 0 Å². The maximum atomic E-state index is 12.6. The SMILES string of the molecule is CCc1cccc(F)c1F. The van der Waals surface area contributed by atoms with Gasteiger partial charge in [0.2, 0.25) is 0 Å². The third-order valence-electron chi connectivity index (χ3n) is 1.41. The number of halogens is 2. The smallest absolute Gasteiger partial charge is 0.161 e. The summed E-state index contributed by atoms with van der Waals surface area (Å²) in [6, 6.07) is 4.21. The molecule has 10 heavy (non-hydrogen) atoms. The largest absolute Gasteiger partial charge is 0.204 e. The third kappa shape index (κ3) is 1.15. The standard InChI is InChI=1S/C8H8F2/c1-2-6-4-3-5-7(9)8(6)10/h3-5H,2H2,1H3. The van der Waals surface area contributed by atoms with Crippen LogP contribution < -0.4 is 0 Å². The molecule has 54 valence electrons. The molecule has 0 amide bonds. The maximum absolute atomic E-state index is 12.6. The van der Waals surface area contributed by atoms with Crippen LogP contribution in [-0.4, -0.2) is 0 Å². The Morgan fingerprint density at radius 2 is 2.00 bits per heavy atom. The van der Waals surface area contributed by atoms with E-state index >= 15 is 0 Å². The van der Waals surface area contributed by atoms with E-state index in [0.29, 0.717) is 12.0 Å². The molecule has 0 aliphatic carbocycles. The fourth-order valence-corrected chi connectivity index (χ4v) is 0.822. The van der Waals surface area contributed by atoms with E-state index in [1.54, 1.807) is 13.0 Å². The van der Waals surface area contributed by atoms with E-state index < -0.39 is 11.6 Å². The highest BCUT2D eigenvalue weighted by atomic mass is 19.2. The summed E-state index contributed by atoms with van der Waals surface area (Å²) in [6.07, 6.45) is 0.531. The van der Waals surface area contributed by atoms with Gasteiger partial charge in [0.15, 0.2) is 11.6 Å². The Kier molecular flexibility index (Phi) is 2.00. The van der Waals surface area contributed by atoms with Crippen molar-refractivity contribution in [2.75, 3.05) is 0 Å². The van der Waals surface area contributed by atoms with E-state index in [9.17, 15) is 8.78 Å². The highest BCUT2D eigenvalue weighted by molar-refractivity contribution is 5.18. The van der Waals surface area contributed by atoms with Crippen LogP contribution in [0.2, 0.25) is 0 Å². The quantitative estimate of drug-likeness (QED) is 0.565. The Hall–Kier alpha value is -0.920. The molecule has 0 bridgehead atoms. The molecule has 2 heteroatoms. The topological polar surface area (TPSA) is 0 Å². The van der Waals surface area contributed by atoms with Gasteiger partial charge in [-0.15, -0.1) is 0 Å². The normalized spacial score (nSPS) is 9.90. The second-order valence-electron chi connectivity index (χ2n) is 2.07. The lowest BCUT2D eigenvalue weighted by Crippen LogP contribution is -1.90. The molecule has 0 N–H and O–H groups in total. The fraction of sp³-hybridized carbons (Fsp3) is 0.250. The predicted octanol–water partition coefficient (Wildman–Crippen LogP) is 2.53. The summed E-state index contributed by atoms with van der Waals surface area (Å²) in [5, 5.41) is 0. The summed E-state index contributed by atoms with van der Waals surface area (Å²) >= 11 is 0. The van der Waals surface area contributed by atoms with Gasteiger partial charge in [-0.05, 0) is 18.1 Å². The van der Waals surface area contributed by atoms with Crippen molar-refractivity contribution in [2.45, 2.75) is 13.3 Å². The molecule has 0 saturated heterocycles. The third-order valence-corrected chi connectivity index (χ3v) is 1.41. The summed E-state index contributed by atoms with van der Waals surface area (Å²) < 4.78 is 25.0. The number of aryl methyl sites for hydroxylation is 1. The van der Waals surface area contributed by atoms with Gasteiger partial charge in [-0.3, -0.25) is 0 Å². The van der Waals surface area contributed by atoms with Gasteiger partial charge in [-0.25, -0.2) is 8.78 Å². The lowest BCUT2D eigenvalue weighted by molar-refractivity contribution is 0.500. The van der Waals surface area contributed by atoms with Crippen molar-refractivity contribution in [2.24, 2.45) is 0 Å². The zero-order chi connectivity index (χ0) is 7.56. The highest BCUT2D eigenvalue weighted by Crippen LogP contribution is 2.10. The van der Waals surface area contributed by atoms with Crippen LogP contribution in [0.5, 0.6) is 0 Å². The number of hydrogen-bond acceptors (Lipinski definition) is 0. The van der Waals surface area contributed by atoms with Crippen molar-refractivity contribution < 1.29 is 8.78 Å². The van der Waals surface area contributed by atoms with E-state index in [1.165, 1.54) is 6.07 Å². The second-order valence-corrected chi connectivity index (χ2v) is 2.07. The Labute approximate surface area is 58.5 Å². The first-order chi connectivity index (χ1) is 4.75. The zero-order valence-corrected chi connectivity index (χ0v) is 5.70. The molecule has 0 radical (unpaired) electrons. The monoisotopic (exact) mass is 142 g/mol. The van der Waals surface area contributed by atoms with Crippen LogP contribution in [0.25, 0.3) is 0 Å². The molecule has 0 aliphatic rings. The average molecular weight is 142 g/mol. The van der Waals surface area contributed by atoms with E-state index in [-0.39, 0.29) is 0 Å². The number of benzene rings is 1. The van der Waals surface area contributed by atoms with Crippen LogP contribution in [0.1, 0.15) is 12.5 Å². The van der Waals surface area contributed by atoms with Crippen LogP contribution in [0.4, 0.5) is 8.78 Å². The first-order valence-corrected chi connectivity index (χ1v) is 3.18. The van der Waals surface area contributed by atoms with Gasteiger partial charge in [-0.2, -0.15) is 0 Å². The van der Waals surface area contributed by atoms with Crippen molar-refractivity contribution in [3.8, 4) is 0 Å². The second kappa shape index (κ2) is 2.78. The molecule has 1 aromatic rings. The minimum absolute atomic E-state index is 0.431. The summed E-state index contributed by atoms with van der Waals surface area (Å²) in [5.41, 5.74) is 0.431. The lowest BCUT2D eigenvalue weighted by atomic mass is 10.1. The number of hydrogen-bond donors (Lipinski definition) is 0. The van der Waals surface area contributed by atoms with Gasteiger partial charge in [0.1, 0.15) is 0 Å². The molecule has 0 heterocycles. The fourth-order valence-electron chi connectivity index (χ4n) is 0.822. The number of rotatable bonds is 1. The van der Waals surface area contributed by atoms with Crippen LogP contribution >= 0.6 is 0 Å². The highest BCUT2D eigenvalue weighted by Gasteiger charge is 2.03. The first-order valence-electron chi connectivity index (χ1n) is 3.18. The molecule has 0 saturated carbocycles. The molecule has 0 spiro atoms. The van der Waals surface area contributed by atoms with Crippen molar-refractivity contribution in [1.29, 1.82) is 0 Å². The predicted molar refractivity (Wildman–Crippen MR) is 35.7 cm³/mol. The van der Waals surface area contributed by atoms with Crippen molar-refractivity contribution >= 4 is 0 Å². The molecule has 1 aromatic carbocycles. The molecular formula is C8H8F2. The average Bonchev–Trinajstić information content (AvgIpc) is 1.95. The van der Waals surface area contributed by atoms with Crippen LogP contribution in [0.15, 0.2) is 18.2 Å². The molecule has 0 aromatic heterocycles. The minimum Gasteiger partial charge on any atom is -0.204 e. The van der Waals surface area contributed by atoms with Gasteiger partial charge in [0, 0.05) is 0 Å². The van der Waals surface area contributed by atoms with Crippen LogP contribution in [-0.2, 0) is 6.42 Å². The van der Waals surface area contributed by atoms with E-state index in [0.717, 1.165) is 6.07 Å². The van der Waals surface area contributed by atoms with E-state index in [1.807, 2.05) is 0 Å². The molecule has 0 unspecified atom stereocenters. The van der Waals surface area contributed by atoms with Gasteiger partial charge >= 0.3 is 0 Å². The first kappa shape index (κ1) is 7.19. The van der Waals surface area contributed by atoms with Gasteiger partial charge < -0.3 is 0 Å². The Balaban J connectivity index is 3.14. The Bertz CT molecular complexity index is 231. The van der Waals surface area contributed by atoms with Crippen molar-refractivity contribution in [3.63, 3.8) is 0 Å². The Morgan fingerprint density at radius 1 is 1.30 bits per heavy atom. The maximum Gasteiger partial charge on any atom is 0.161 e. The van der Waals surface area contributed by atoms with Crippen molar-refractivity contribution in [3.05, 3.63) is 35.4 Å². The molecule has 0 fully saturated rings. The van der Waals surface area contributed by atoms with Crippen LogP contribution in [0.3, 0.4) is 0 Å². The summed E-state index contributed by atoms with van der Waals surface area (Å²) in [6.45, 7) is 1.79. The van der Waals surface area contributed by atoms with Crippen molar-refractivity contribution in [1.82, 2.24) is 0 Å². The summed E-state index contributed by atoms with van der Waals surface area (Å²) in [7, 11) is 0. The van der Waals surface area contributed by atoms with E-state index in [4.69, 9.17) is 0 Å². The molecular weight excluding hydrogens is 134 g/mol. The van der Waals surface area contributed by atoms with Gasteiger partial charge in [0.25, 0.3) is 0 Å². The minimum atomic E-state index is -0.764. The molecule has 0 aliphatic heterocycles. The molecule has 1 rings (SSSR count). The van der Waals surface area contributed by atoms with Crippen LogP contribution in [0, 0.1) is 11.6 Å². The summed E-state index contributed by atoms with van der Waals surface area (Å²) in [5.74, 6) is -1.48. The lowest BCUT2D eigenvalue weighted by Gasteiger charge is -1.97. The zero-order valence-electron chi connectivity index (χ0n) is 5.70. The summed E-state index contributed by atoms with van der Waals surface area (Å²) in [4.78, 5) is 0.